The molecule has 10 heavy (non-hydrogen) atoms. The van der Waals surface area contributed by atoms with Crippen LogP contribution < -0.4 is 5.73 Å². The maximum Gasteiger partial charge on any atom is 0.310 e. The van der Waals surface area contributed by atoms with Gasteiger partial charge in [0.1, 0.15) is 0 Å². The van der Waals surface area contributed by atoms with Crippen LogP contribution in [0.5, 0.6) is 0 Å². The van der Waals surface area contributed by atoms with E-state index in [1.54, 1.807) is 6.92 Å². The Hall–Kier alpha value is -0.570. The smallest absolute Gasteiger partial charge is 0.310 e. The molecule has 1 aliphatic carbocycles. The summed E-state index contributed by atoms with van der Waals surface area (Å²) in [6, 6.07) is 0. The van der Waals surface area contributed by atoms with E-state index in [0.29, 0.717) is 5.92 Å². The Balaban J connectivity index is 2.65. The van der Waals surface area contributed by atoms with Gasteiger partial charge < -0.3 is 10.8 Å². The van der Waals surface area contributed by atoms with Gasteiger partial charge >= 0.3 is 5.97 Å². The molecule has 1 unspecified atom stereocenters. The predicted molar refractivity (Wildman–Crippen MR) is 37.5 cm³/mol. The lowest BCUT2D eigenvalue weighted by atomic mass is 9.85. The highest BCUT2D eigenvalue weighted by atomic mass is 16.4. The van der Waals surface area contributed by atoms with E-state index in [2.05, 4.69) is 0 Å². The number of carboxylic acid groups (broad SMARTS) is 1. The standard InChI is InChI=1S/C7H13NO2/c1-7(4-8,6(9)10)5-2-3-5/h5H,2-4,8H2,1H3,(H,9,10). The summed E-state index contributed by atoms with van der Waals surface area (Å²) in [7, 11) is 0. The van der Waals surface area contributed by atoms with Gasteiger partial charge in [-0.25, -0.2) is 0 Å². The van der Waals surface area contributed by atoms with Crippen LogP contribution in [0.4, 0.5) is 0 Å². The van der Waals surface area contributed by atoms with Gasteiger partial charge in [-0.1, -0.05) is 0 Å². The number of carboxylic acids is 1. The first kappa shape index (κ1) is 7.54. The highest BCUT2D eigenvalue weighted by molar-refractivity contribution is 5.75. The van der Waals surface area contributed by atoms with E-state index in [1.807, 2.05) is 0 Å². The van der Waals surface area contributed by atoms with E-state index in [-0.39, 0.29) is 6.54 Å². The molecule has 0 aromatic heterocycles. The van der Waals surface area contributed by atoms with Crippen LogP contribution in [0.1, 0.15) is 19.8 Å². The second kappa shape index (κ2) is 2.23. The summed E-state index contributed by atoms with van der Waals surface area (Å²) in [5.74, 6) is -0.424. The van der Waals surface area contributed by atoms with E-state index in [9.17, 15) is 4.79 Å². The van der Waals surface area contributed by atoms with Gasteiger partial charge in [-0.15, -0.1) is 0 Å². The third-order valence-corrected chi connectivity index (χ3v) is 2.39. The molecule has 0 aliphatic heterocycles. The highest BCUT2D eigenvalue weighted by Gasteiger charge is 2.46. The number of hydrogen-bond donors (Lipinski definition) is 2. The fraction of sp³-hybridized carbons (Fsp3) is 0.857. The second-order valence-corrected chi connectivity index (χ2v) is 3.20. The average Bonchev–Trinajstić information content (AvgIpc) is 2.67. The summed E-state index contributed by atoms with van der Waals surface area (Å²) in [5.41, 5.74) is 4.72. The van der Waals surface area contributed by atoms with Crippen LogP contribution >= 0.6 is 0 Å². The SMILES string of the molecule is CC(CN)(C(=O)O)C1CC1. The fourth-order valence-electron chi connectivity index (χ4n) is 1.15. The zero-order valence-electron chi connectivity index (χ0n) is 6.13. The minimum Gasteiger partial charge on any atom is -0.481 e. The van der Waals surface area contributed by atoms with Crippen LogP contribution in [0.15, 0.2) is 0 Å². The number of hydrogen-bond acceptors (Lipinski definition) is 2. The summed E-state index contributed by atoms with van der Waals surface area (Å²) in [6.07, 6.45) is 2.06. The Morgan fingerprint density at radius 3 is 2.40 bits per heavy atom. The average molecular weight is 143 g/mol. The molecular formula is C7H13NO2. The van der Waals surface area contributed by atoms with Gasteiger partial charge in [0, 0.05) is 6.54 Å². The molecule has 3 nitrogen and oxygen atoms in total. The maximum atomic E-state index is 10.7. The number of carbonyl (C=O) groups is 1. The Morgan fingerprint density at radius 1 is 1.80 bits per heavy atom. The van der Waals surface area contributed by atoms with E-state index < -0.39 is 11.4 Å². The van der Waals surface area contributed by atoms with E-state index in [0.717, 1.165) is 12.8 Å². The van der Waals surface area contributed by atoms with Crippen molar-refractivity contribution in [3.63, 3.8) is 0 Å². The normalized spacial score (nSPS) is 23.8. The highest BCUT2D eigenvalue weighted by Crippen LogP contribution is 2.44. The van der Waals surface area contributed by atoms with E-state index in [4.69, 9.17) is 10.8 Å². The molecule has 1 fully saturated rings. The molecule has 1 aliphatic rings. The molecular weight excluding hydrogens is 130 g/mol. The third-order valence-electron chi connectivity index (χ3n) is 2.39. The zero-order valence-corrected chi connectivity index (χ0v) is 6.13. The zero-order chi connectivity index (χ0) is 7.78. The topological polar surface area (TPSA) is 63.3 Å². The van der Waals surface area contributed by atoms with Crippen molar-refractivity contribution in [1.82, 2.24) is 0 Å². The lowest BCUT2D eigenvalue weighted by molar-refractivity contribution is -0.148. The molecule has 1 saturated carbocycles. The molecule has 0 aromatic carbocycles. The van der Waals surface area contributed by atoms with Gasteiger partial charge in [-0.05, 0) is 25.7 Å². The Bertz CT molecular complexity index is 154. The van der Waals surface area contributed by atoms with Crippen molar-refractivity contribution >= 4 is 5.97 Å². The summed E-state index contributed by atoms with van der Waals surface area (Å²) >= 11 is 0. The fourth-order valence-corrected chi connectivity index (χ4v) is 1.15. The molecule has 1 atom stereocenters. The summed E-state index contributed by atoms with van der Waals surface area (Å²) < 4.78 is 0. The molecule has 0 radical (unpaired) electrons. The van der Waals surface area contributed by atoms with Crippen molar-refractivity contribution in [2.75, 3.05) is 6.54 Å². The Morgan fingerprint density at radius 2 is 2.30 bits per heavy atom. The quantitative estimate of drug-likeness (QED) is 0.602. The Kier molecular flexibility index (Phi) is 1.68. The van der Waals surface area contributed by atoms with Crippen LogP contribution in [0, 0.1) is 11.3 Å². The first-order chi connectivity index (χ1) is 4.61. The minimum absolute atomic E-state index is 0.257. The van der Waals surface area contributed by atoms with Crippen LogP contribution in [0.3, 0.4) is 0 Å². The first-order valence-electron chi connectivity index (χ1n) is 3.54. The van der Waals surface area contributed by atoms with Gasteiger partial charge in [0.05, 0.1) is 5.41 Å². The lowest BCUT2D eigenvalue weighted by Crippen LogP contribution is -2.37. The molecule has 0 bridgehead atoms. The second-order valence-electron chi connectivity index (χ2n) is 3.20. The molecule has 0 heterocycles. The molecule has 0 amide bonds. The summed E-state index contributed by atoms with van der Waals surface area (Å²) in [4.78, 5) is 10.7. The molecule has 0 aromatic rings. The first-order valence-corrected chi connectivity index (χ1v) is 3.54. The largest absolute Gasteiger partial charge is 0.481 e. The molecule has 3 N–H and O–H groups in total. The van der Waals surface area contributed by atoms with Crippen molar-refractivity contribution in [3.05, 3.63) is 0 Å². The van der Waals surface area contributed by atoms with Crippen molar-refractivity contribution in [1.29, 1.82) is 0 Å². The lowest BCUT2D eigenvalue weighted by Gasteiger charge is -2.21. The number of rotatable bonds is 3. The molecule has 1 rings (SSSR count). The number of aliphatic carboxylic acids is 1. The van der Waals surface area contributed by atoms with Gasteiger partial charge in [-0.3, -0.25) is 4.79 Å². The minimum atomic E-state index is -0.752. The monoisotopic (exact) mass is 143 g/mol. The number of nitrogens with two attached hydrogens (primary N) is 1. The van der Waals surface area contributed by atoms with Crippen molar-refractivity contribution in [3.8, 4) is 0 Å². The predicted octanol–water partition coefficient (Wildman–Crippen LogP) is 0.446. The van der Waals surface area contributed by atoms with Crippen LogP contribution in [0.25, 0.3) is 0 Å². The van der Waals surface area contributed by atoms with Crippen LogP contribution in [-0.2, 0) is 4.79 Å². The van der Waals surface area contributed by atoms with Gasteiger partial charge in [0.2, 0.25) is 0 Å². The van der Waals surface area contributed by atoms with E-state index >= 15 is 0 Å². The molecule has 58 valence electrons. The molecule has 3 heteroatoms. The van der Waals surface area contributed by atoms with Crippen LogP contribution in [0.2, 0.25) is 0 Å². The third kappa shape index (κ3) is 1.01. The van der Waals surface area contributed by atoms with Gasteiger partial charge in [0.15, 0.2) is 0 Å². The Labute approximate surface area is 60.2 Å². The van der Waals surface area contributed by atoms with Gasteiger partial charge in [-0.2, -0.15) is 0 Å². The van der Waals surface area contributed by atoms with Crippen LogP contribution in [-0.4, -0.2) is 17.6 Å². The van der Waals surface area contributed by atoms with Gasteiger partial charge in [0.25, 0.3) is 0 Å². The van der Waals surface area contributed by atoms with E-state index in [1.165, 1.54) is 0 Å². The van der Waals surface area contributed by atoms with Crippen molar-refractivity contribution < 1.29 is 9.90 Å². The summed E-state index contributed by atoms with van der Waals surface area (Å²) in [6.45, 7) is 1.99. The summed E-state index contributed by atoms with van der Waals surface area (Å²) in [5, 5.41) is 8.76. The molecule has 0 spiro atoms. The van der Waals surface area contributed by atoms with Crippen molar-refractivity contribution in [2.24, 2.45) is 17.1 Å². The van der Waals surface area contributed by atoms with Crippen molar-refractivity contribution in [2.45, 2.75) is 19.8 Å². The maximum absolute atomic E-state index is 10.7. The molecule has 0 saturated heterocycles.